The quantitative estimate of drug-likeness (QED) is 0.638. The van der Waals surface area contributed by atoms with Crippen LogP contribution < -0.4 is 4.72 Å². The first kappa shape index (κ1) is 13.9. The summed E-state index contributed by atoms with van der Waals surface area (Å²) in [7, 11) is -3.05. The van der Waals surface area contributed by atoms with Gasteiger partial charge in [0.15, 0.2) is 0 Å². The van der Waals surface area contributed by atoms with E-state index < -0.39 is 10.0 Å². The molecule has 0 saturated carbocycles. The molecule has 1 atom stereocenters. The van der Waals surface area contributed by atoms with E-state index in [-0.39, 0.29) is 11.9 Å². The number of ether oxygens (including phenoxy) is 2. The van der Waals surface area contributed by atoms with Gasteiger partial charge >= 0.3 is 0 Å². The summed E-state index contributed by atoms with van der Waals surface area (Å²) in [5.74, 6) is 0.129. The maximum atomic E-state index is 11.1. The first-order valence-electron chi connectivity index (χ1n) is 5.81. The smallest absolute Gasteiger partial charge is 0.211 e. The summed E-state index contributed by atoms with van der Waals surface area (Å²) < 4.78 is 35.4. The molecule has 0 amide bonds. The maximum absolute atomic E-state index is 11.1. The van der Waals surface area contributed by atoms with Crippen LogP contribution in [0.1, 0.15) is 26.2 Å². The molecule has 0 aromatic carbocycles. The van der Waals surface area contributed by atoms with Crippen LogP contribution in [-0.4, -0.2) is 46.6 Å². The van der Waals surface area contributed by atoms with Crippen molar-refractivity contribution >= 4 is 10.0 Å². The molecule has 0 aromatic heterocycles. The molecule has 1 unspecified atom stereocenters. The number of rotatable bonds is 8. The molecule has 1 aliphatic rings. The Hall–Kier alpha value is -0.170. The minimum absolute atomic E-state index is 0.129. The van der Waals surface area contributed by atoms with Gasteiger partial charge in [0.25, 0.3) is 0 Å². The Bertz CT molecular complexity index is 273. The van der Waals surface area contributed by atoms with Crippen LogP contribution in [0.5, 0.6) is 0 Å². The lowest BCUT2D eigenvalue weighted by Gasteiger charge is -2.10. The number of nitrogens with one attached hydrogen (secondary N) is 1. The molecule has 1 aliphatic heterocycles. The zero-order chi connectivity index (χ0) is 11.9. The summed E-state index contributed by atoms with van der Waals surface area (Å²) in [6, 6.07) is 0. The van der Waals surface area contributed by atoms with E-state index in [9.17, 15) is 8.42 Å². The van der Waals surface area contributed by atoms with Gasteiger partial charge in [-0.15, -0.1) is 0 Å². The molecule has 1 fully saturated rings. The average Bonchev–Trinajstić information content (AvgIpc) is 2.76. The number of hydrogen-bond donors (Lipinski definition) is 1. The molecule has 0 radical (unpaired) electrons. The van der Waals surface area contributed by atoms with E-state index in [0.717, 1.165) is 19.4 Å². The van der Waals surface area contributed by atoms with Gasteiger partial charge < -0.3 is 9.47 Å². The third-order valence-electron chi connectivity index (χ3n) is 2.50. The van der Waals surface area contributed by atoms with Gasteiger partial charge in [-0.2, -0.15) is 0 Å². The van der Waals surface area contributed by atoms with Crippen LogP contribution in [0, 0.1) is 0 Å². The molecular formula is C10H21NO4S. The van der Waals surface area contributed by atoms with E-state index in [2.05, 4.69) is 4.72 Å². The predicted octanol–water partition coefficient (Wildman–Crippen LogP) is 0.511. The lowest BCUT2D eigenvalue weighted by molar-refractivity contribution is 0.0169. The predicted molar refractivity (Wildman–Crippen MR) is 61.9 cm³/mol. The highest BCUT2D eigenvalue weighted by atomic mass is 32.2. The SMILES string of the molecule is CCS(=O)(=O)NCCCOCC1CCCO1. The van der Waals surface area contributed by atoms with Crippen molar-refractivity contribution in [3.8, 4) is 0 Å². The van der Waals surface area contributed by atoms with Crippen molar-refractivity contribution in [2.45, 2.75) is 32.3 Å². The van der Waals surface area contributed by atoms with Crippen molar-refractivity contribution in [2.75, 3.05) is 32.1 Å². The highest BCUT2D eigenvalue weighted by Crippen LogP contribution is 2.11. The fourth-order valence-electron chi connectivity index (χ4n) is 1.49. The molecule has 1 saturated heterocycles. The minimum atomic E-state index is -3.05. The van der Waals surface area contributed by atoms with E-state index in [0.29, 0.717) is 26.2 Å². The van der Waals surface area contributed by atoms with Gasteiger partial charge in [-0.25, -0.2) is 13.1 Å². The third-order valence-corrected chi connectivity index (χ3v) is 3.90. The molecule has 96 valence electrons. The summed E-state index contributed by atoms with van der Waals surface area (Å²) in [5.41, 5.74) is 0. The van der Waals surface area contributed by atoms with Crippen molar-refractivity contribution in [1.29, 1.82) is 0 Å². The molecule has 1 N–H and O–H groups in total. The van der Waals surface area contributed by atoms with E-state index >= 15 is 0 Å². The van der Waals surface area contributed by atoms with Gasteiger partial charge in [0, 0.05) is 19.8 Å². The highest BCUT2D eigenvalue weighted by Gasteiger charge is 2.14. The van der Waals surface area contributed by atoms with E-state index in [4.69, 9.17) is 9.47 Å². The third kappa shape index (κ3) is 5.79. The normalized spacial score (nSPS) is 21.4. The molecule has 0 bridgehead atoms. The average molecular weight is 251 g/mol. The van der Waals surface area contributed by atoms with E-state index in [1.54, 1.807) is 6.92 Å². The molecule has 6 heteroatoms. The molecular weight excluding hydrogens is 230 g/mol. The second-order valence-corrected chi connectivity index (χ2v) is 5.96. The van der Waals surface area contributed by atoms with Crippen molar-refractivity contribution < 1.29 is 17.9 Å². The van der Waals surface area contributed by atoms with E-state index in [1.165, 1.54) is 0 Å². The summed E-state index contributed by atoms with van der Waals surface area (Å²) in [5, 5.41) is 0. The Balaban J connectivity index is 1.92. The van der Waals surface area contributed by atoms with Gasteiger partial charge in [0.05, 0.1) is 18.5 Å². The van der Waals surface area contributed by atoms with Gasteiger partial charge in [-0.3, -0.25) is 0 Å². The maximum Gasteiger partial charge on any atom is 0.211 e. The van der Waals surface area contributed by atoms with Gasteiger partial charge in [-0.05, 0) is 26.2 Å². The van der Waals surface area contributed by atoms with Crippen LogP contribution in [0.25, 0.3) is 0 Å². The molecule has 0 spiro atoms. The molecule has 0 aliphatic carbocycles. The fourth-order valence-corrected chi connectivity index (χ4v) is 2.15. The highest BCUT2D eigenvalue weighted by molar-refractivity contribution is 7.89. The lowest BCUT2D eigenvalue weighted by Crippen LogP contribution is -2.27. The van der Waals surface area contributed by atoms with Crippen LogP contribution in [-0.2, 0) is 19.5 Å². The Morgan fingerprint density at radius 1 is 1.50 bits per heavy atom. The first-order chi connectivity index (χ1) is 7.64. The van der Waals surface area contributed by atoms with Crippen molar-refractivity contribution in [3.05, 3.63) is 0 Å². The molecule has 0 aromatic rings. The summed E-state index contributed by atoms with van der Waals surface area (Å²) >= 11 is 0. The Labute approximate surface area is 97.6 Å². The monoisotopic (exact) mass is 251 g/mol. The Morgan fingerprint density at radius 2 is 2.31 bits per heavy atom. The summed E-state index contributed by atoms with van der Waals surface area (Å²) in [6.07, 6.45) is 3.13. The summed E-state index contributed by atoms with van der Waals surface area (Å²) in [6.45, 7) is 4.11. The van der Waals surface area contributed by atoms with Crippen LogP contribution in [0.3, 0.4) is 0 Å². The standard InChI is InChI=1S/C10H21NO4S/c1-2-16(12,13)11-6-4-7-14-9-10-5-3-8-15-10/h10-11H,2-9H2,1H3. The van der Waals surface area contributed by atoms with Crippen LogP contribution in [0.2, 0.25) is 0 Å². The van der Waals surface area contributed by atoms with Gasteiger partial charge in [0.1, 0.15) is 0 Å². The van der Waals surface area contributed by atoms with Crippen LogP contribution in [0.4, 0.5) is 0 Å². The molecule has 16 heavy (non-hydrogen) atoms. The minimum Gasteiger partial charge on any atom is -0.379 e. The van der Waals surface area contributed by atoms with Crippen molar-refractivity contribution in [3.63, 3.8) is 0 Å². The second-order valence-electron chi connectivity index (χ2n) is 3.86. The molecule has 1 heterocycles. The zero-order valence-electron chi connectivity index (χ0n) is 9.78. The molecule has 5 nitrogen and oxygen atoms in total. The summed E-state index contributed by atoms with van der Waals surface area (Å²) in [4.78, 5) is 0. The van der Waals surface area contributed by atoms with Crippen molar-refractivity contribution in [1.82, 2.24) is 4.72 Å². The molecule has 1 rings (SSSR count). The fraction of sp³-hybridized carbons (Fsp3) is 1.00. The Kier molecular flexibility index (Phi) is 6.26. The number of hydrogen-bond acceptors (Lipinski definition) is 4. The Morgan fingerprint density at radius 3 is 2.94 bits per heavy atom. The van der Waals surface area contributed by atoms with Crippen LogP contribution >= 0.6 is 0 Å². The van der Waals surface area contributed by atoms with Crippen LogP contribution in [0.15, 0.2) is 0 Å². The van der Waals surface area contributed by atoms with Gasteiger partial charge in [0.2, 0.25) is 10.0 Å². The van der Waals surface area contributed by atoms with Crippen molar-refractivity contribution in [2.24, 2.45) is 0 Å². The van der Waals surface area contributed by atoms with E-state index in [1.807, 2.05) is 0 Å². The first-order valence-corrected chi connectivity index (χ1v) is 7.46. The number of sulfonamides is 1. The zero-order valence-corrected chi connectivity index (χ0v) is 10.6. The van der Waals surface area contributed by atoms with Gasteiger partial charge in [-0.1, -0.05) is 0 Å². The lowest BCUT2D eigenvalue weighted by atomic mass is 10.2. The topological polar surface area (TPSA) is 64.6 Å². The largest absolute Gasteiger partial charge is 0.379 e. The second kappa shape index (κ2) is 7.21.